The van der Waals surface area contributed by atoms with Crippen molar-refractivity contribution in [1.82, 2.24) is 5.32 Å². The minimum atomic E-state index is -3.86. The van der Waals surface area contributed by atoms with Gasteiger partial charge in [0.05, 0.1) is 0 Å². The zero-order valence-corrected chi connectivity index (χ0v) is 24.5. The summed E-state index contributed by atoms with van der Waals surface area (Å²) in [5.74, 6) is 0.575. The molecule has 3 N–H and O–H groups in total. The summed E-state index contributed by atoms with van der Waals surface area (Å²) in [6.07, 6.45) is 32.7. The standard InChI is InChI=1S/C28H60NO3PS/c1-2-3-4-5-6-7-8-9-10-11-12-13-14-15-16-17-20-23-26-29-27-24-21-18-19-22-25-28-34-33(30,31)32/h29H,2-28H2,1H3,(H2,30,31,32). The maximum atomic E-state index is 10.7. The molecule has 0 aliphatic rings. The molecule has 0 fully saturated rings. The Labute approximate surface area is 217 Å². The van der Waals surface area contributed by atoms with Crippen LogP contribution in [0.1, 0.15) is 161 Å². The number of hydrogen-bond donors (Lipinski definition) is 3. The minimum absolute atomic E-state index is 0.575. The lowest BCUT2D eigenvalue weighted by Crippen LogP contribution is -2.16. The lowest BCUT2D eigenvalue weighted by Gasteiger charge is -2.06. The zero-order valence-electron chi connectivity index (χ0n) is 22.8. The average molecular weight is 522 g/mol. The van der Waals surface area contributed by atoms with Gasteiger partial charge in [0.1, 0.15) is 0 Å². The van der Waals surface area contributed by atoms with Crippen molar-refractivity contribution in [3.8, 4) is 0 Å². The normalized spacial score (nSPS) is 12.0. The van der Waals surface area contributed by atoms with E-state index in [2.05, 4.69) is 12.2 Å². The highest BCUT2D eigenvalue weighted by Crippen LogP contribution is 2.50. The molecule has 0 unspecified atom stereocenters. The Kier molecular flexibility index (Phi) is 28.4. The van der Waals surface area contributed by atoms with Crippen LogP contribution in [0.5, 0.6) is 0 Å². The van der Waals surface area contributed by atoms with E-state index in [1.165, 1.54) is 148 Å². The second-order valence-corrected chi connectivity index (χ2v) is 14.1. The summed E-state index contributed by atoms with van der Waals surface area (Å²) < 4.78 is 10.7. The van der Waals surface area contributed by atoms with Crippen LogP contribution in [0.3, 0.4) is 0 Å². The molecule has 0 heterocycles. The predicted molar refractivity (Wildman–Crippen MR) is 154 cm³/mol. The van der Waals surface area contributed by atoms with E-state index in [9.17, 15) is 4.57 Å². The van der Waals surface area contributed by atoms with Crippen molar-refractivity contribution in [2.45, 2.75) is 161 Å². The Bertz CT molecular complexity index is 434. The summed E-state index contributed by atoms with van der Waals surface area (Å²) in [5, 5.41) is 3.58. The van der Waals surface area contributed by atoms with Gasteiger partial charge < -0.3 is 15.1 Å². The van der Waals surface area contributed by atoms with Gasteiger partial charge in [-0.1, -0.05) is 142 Å². The van der Waals surface area contributed by atoms with Crippen molar-refractivity contribution in [2.24, 2.45) is 0 Å². The summed E-state index contributed by atoms with van der Waals surface area (Å²) in [5.41, 5.74) is 0. The van der Waals surface area contributed by atoms with Crippen LogP contribution in [0.25, 0.3) is 0 Å². The van der Waals surface area contributed by atoms with Crippen molar-refractivity contribution in [1.29, 1.82) is 0 Å². The first-order chi connectivity index (χ1) is 16.6. The van der Waals surface area contributed by atoms with E-state index in [1.54, 1.807) is 0 Å². The van der Waals surface area contributed by atoms with Crippen LogP contribution in [0, 0.1) is 0 Å². The van der Waals surface area contributed by atoms with Crippen LogP contribution >= 0.6 is 18.2 Å². The molecule has 0 radical (unpaired) electrons. The quantitative estimate of drug-likeness (QED) is 0.0675. The fourth-order valence-electron chi connectivity index (χ4n) is 4.52. The third kappa shape index (κ3) is 32.5. The summed E-state index contributed by atoms with van der Waals surface area (Å²) in [4.78, 5) is 17.6. The van der Waals surface area contributed by atoms with E-state index in [0.29, 0.717) is 5.75 Å². The van der Waals surface area contributed by atoms with Gasteiger partial charge in [0, 0.05) is 5.75 Å². The van der Waals surface area contributed by atoms with E-state index < -0.39 is 6.80 Å². The summed E-state index contributed by atoms with van der Waals surface area (Å²) in [6.45, 7) is 0.731. The largest absolute Gasteiger partial charge is 0.383 e. The molecule has 0 aromatic carbocycles. The molecule has 0 bridgehead atoms. The van der Waals surface area contributed by atoms with E-state index in [1.807, 2.05) is 0 Å². The van der Waals surface area contributed by atoms with Crippen molar-refractivity contribution >= 4 is 18.2 Å². The summed E-state index contributed by atoms with van der Waals surface area (Å²) in [7, 11) is 0. The highest BCUT2D eigenvalue weighted by atomic mass is 32.7. The molecular weight excluding hydrogens is 461 g/mol. The fraction of sp³-hybridized carbons (Fsp3) is 1.00. The molecule has 0 aliphatic carbocycles. The molecule has 0 aromatic heterocycles. The monoisotopic (exact) mass is 521 g/mol. The Morgan fingerprint density at radius 2 is 0.794 bits per heavy atom. The zero-order chi connectivity index (χ0) is 25.0. The van der Waals surface area contributed by atoms with Gasteiger partial charge in [-0.3, -0.25) is 0 Å². The maximum Gasteiger partial charge on any atom is 0.383 e. The maximum absolute atomic E-state index is 10.7. The molecule has 34 heavy (non-hydrogen) atoms. The number of unbranched alkanes of at least 4 members (excludes halogenated alkanes) is 22. The van der Waals surface area contributed by atoms with Crippen molar-refractivity contribution in [3.05, 3.63) is 0 Å². The molecule has 0 rings (SSSR count). The van der Waals surface area contributed by atoms with Crippen LogP contribution < -0.4 is 5.32 Å². The Hall–Kier alpha value is 0.460. The van der Waals surface area contributed by atoms with Crippen LogP contribution in [-0.2, 0) is 4.57 Å². The Morgan fingerprint density at radius 3 is 1.12 bits per heavy atom. The molecule has 0 amide bonds. The molecule has 6 heteroatoms. The SMILES string of the molecule is CCCCCCCCCCCCCCCCCCCCNCCCCCCCCSP(=O)(O)O. The third-order valence-corrected chi connectivity index (χ3v) is 9.08. The minimum Gasteiger partial charge on any atom is -0.317 e. The highest BCUT2D eigenvalue weighted by molar-refractivity contribution is 8.54. The smallest absolute Gasteiger partial charge is 0.317 e. The van der Waals surface area contributed by atoms with Gasteiger partial charge >= 0.3 is 6.80 Å². The van der Waals surface area contributed by atoms with Crippen molar-refractivity contribution < 1.29 is 14.4 Å². The van der Waals surface area contributed by atoms with Gasteiger partial charge in [0.15, 0.2) is 0 Å². The Balaban J connectivity index is 3.03. The molecule has 0 aliphatic heterocycles. The lowest BCUT2D eigenvalue weighted by molar-refractivity contribution is 0.397. The number of nitrogens with one attached hydrogen (secondary N) is 1. The summed E-state index contributed by atoms with van der Waals surface area (Å²) in [6, 6.07) is 0. The van der Waals surface area contributed by atoms with Crippen molar-refractivity contribution in [2.75, 3.05) is 18.8 Å². The van der Waals surface area contributed by atoms with Crippen LogP contribution in [-0.4, -0.2) is 28.6 Å². The number of rotatable bonds is 29. The topological polar surface area (TPSA) is 69.6 Å². The summed E-state index contributed by atoms with van der Waals surface area (Å²) >= 11 is 0.784. The molecule has 206 valence electrons. The van der Waals surface area contributed by atoms with Gasteiger partial charge in [-0.25, -0.2) is 4.57 Å². The highest BCUT2D eigenvalue weighted by Gasteiger charge is 2.12. The van der Waals surface area contributed by atoms with Crippen molar-refractivity contribution in [3.63, 3.8) is 0 Å². The van der Waals surface area contributed by atoms with Crippen LogP contribution in [0.15, 0.2) is 0 Å². The molecule has 0 saturated heterocycles. The van der Waals surface area contributed by atoms with E-state index >= 15 is 0 Å². The first kappa shape index (κ1) is 34.5. The molecule has 0 spiro atoms. The second kappa shape index (κ2) is 28.0. The second-order valence-electron chi connectivity index (χ2n) is 10.2. The van der Waals surface area contributed by atoms with E-state index in [-0.39, 0.29) is 0 Å². The van der Waals surface area contributed by atoms with E-state index in [4.69, 9.17) is 9.79 Å². The predicted octanol–water partition coefficient (Wildman–Crippen LogP) is 9.78. The van der Waals surface area contributed by atoms with Gasteiger partial charge in [0.25, 0.3) is 0 Å². The molecular formula is C28H60NO3PS. The lowest BCUT2D eigenvalue weighted by atomic mass is 10.0. The van der Waals surface area contributed by atoms with Crippen LogP contribution in [0.4, 0.5) is 0 Å². The number of hydrogen-bond acceptors (Lipinski definition) is 3. The van der Waals surface area contributed by atoms with Gasteiger partial charge in [-0.05, 0) is 43.7 Å². The average Bonchev–Trinajstić information content (AvgIpc) is 2.80. The molecule has 4 nitrogen and oxygen atoms in total. The molecule has 0 saturated carbocycles. The fourth-order valence-corrected chi connectivity index (χ4v) is 6.19. The molecule has 0 atom stereocenters. The van der Waals surface area contributed by atoms with E-state index in [0.717, 1.165) is 30.8 Å². The first-order valence-electron chi connectivity index (χ1n) is 15.0. The van der Waals surface area contributed by atoms with Gasteiger partial charge in [-0.2, -0.15) is 0 Å². The third-order valence-electron chi connectivity index (χ3n) is 6.71. The molecule has 0 aromatic rings. The van der Waals surface area contributed by atoms with Gasteiger partial charge in [0.2, 0.25) is 0 Å². The Morgan fingerprint density at radius 1 is 0.500 bits per heavy atom. The van der Waals surface area contributed by atoms with Gasteiger partial charge in [-0.15, -0.1) is 0 Å². The van der Waals surface area contributed by atoms with Crippen LogP contribution in [0.2, 0.25) is 0 Å². The first-order valence-corrected chi connectivity index (χ1v) is 18.2.